The SMILES string of the molecule is CC(=O)N1CCc2cc(C(=O)N[C@@H](CN3CCOCC3)c3ccccc3)ccc21. The molecular weight excluding hydrogens is 366 g/mol. The number of ether oxygens (including phenoxy) is 1. The molecule has 29 heavy (non-hydrogen) atoms. The Labute approximate surface area is 171 Å². The third-order valence-corrected chi connectivity index (χ3v) is 5.67. The third-order valence-electron chi connectivity index (χ3n) is 5.67. The van der Waals surface area contributed by atoms with Gasteiger partial charge in [-0.1, -0.05) is 30.3 Å². The molecule has 4 rings (SSSR count). The number of anilines is 1. The van der Waals surface area contributed by atoms with Crippen molar-refractivity contribution in [2.24, 2.45) is 0 Å². The summed E-state index contributed by atoms with van der Waals surface area (Å²) in [7, 11) is 0. The molecule has 0 aliphatic carbocycles. The number of amides is 2. The van der Waals surface area contributed by atoms with Crippen molar-refractivity contribution in [3.05, 3.63) is 65.2 Å². The molecule has 0 unspecified atom stereocenters. The van der Waals surface area contributed by atoms with E-state index in [2.05, 4.69) is 22.3 Å². The zero-order valence-electron chi connectivity index (χ0n) is 16.8. The van der Waals surface area contributed by atoms with E-state index in [4.69, 9.17) is 4.74 Å². The molecule has 1 atom stereocenters. The Hall–Kier alpha value is -2.70. The fourth-order valence-corrected chi connectivity index (χ4v) is 4.07. The normalized spacial score (nSPS) is 17.6. The maximum atomic E-state index is 13.1. The van der Waals surface area contributed by atoms with Gasteiger partial charge in [0.2, 0.25) is 5.91 Å². The van der Waals surface area contributed by atoms with Gasteiger partial charge in [0.05, 0.1) is 19.3 Å². The second kappa shape index (κ2) is 8.76. The summed E-state index contributed by atoms with van der Waals surface area (Å²) in [6.45, 7) is 6.21. The molecule has 0 aromatic heterocycles. The average molecular weight is 393 g/mol. The van der Waals surface area contributed by atoms with Crippen molar-refractivity contribution in [3.8, 4) is 0 Å². The summed E-state index contributed by atoms with van der Waals surface area (Å²) in [5.74, 6) is -0.0493. The van der Waals surface area contributed by atoms with Gasteiger partial charge in [-0.3, -0.25) is 14.5 Å². The minimum absolute atomic E-state index is 0.0376. The van der Waals surface area contributed by atoms with Crippen LogP contribution in [-0.4, -0.2) is 56.1 Å². The molecule has 2 aliphatic rings. The number of morpholine rings is 1. The van der Waals surface area contributed by atoms with E-state index in [1.165, 1.54) is 0 Å². The number of hydrogen-bond acceptors (Lipinski definition) is 4. The van der Waals surface area contributed by atoms with Crippen molar-refractivity contribution in [1.29, 1.82) is 0 Å². The van der Waals surface area contributed by atoms with Gasteiger partial charge >= 0.3 is 0 Å². The van der Waals surface area contributed by atoms with Crippen LogP contribution in [0.3, 0.4) is 0 Å². The first-order valence-electron chi connectivity index (χ1n) is 10.2. The minimum atomic E-state index is -0.0937. The van der Waals surface area contributed by atoms with Crippen LogP contribution in [0.5, 0.6) is 0 Å². The van der Waals surface area contributed by atoms with E-state index in [1.54, 1.807) is 11.8 Å². The van der Waals surface area contributed by atoms with Crippen LogP contribution >= 0.6 is 0 Å². The lowest BCUT2D eigenvalue weighted by molar-refractivity contribution is -0.116. The fraction of sp³-hybridized carbons (Fsp3) is 0.391. The van der Waals surface area contributed by atoms with E-state index in [1.807, 2.05) is 36.4 Å². The van der Waals surface area contributed by atoms with Gasteiger partial charge in [0, 0.05) is 44.4 Å². The molecule has 0 bridgehead atoms. The van der Waals surface area contributed by atoms with E-state index in [0.29, 0.717) is 12.1 Å². The summed E-state index contributed by atoms with van der Waals surface area (Å²) >= 11 is 0. The summed E-state index contributed by atoms with van der Waals surface area (Å²) in [4.78, 5) is 28.9. The molecule has 0 radical (unpaired) electrons. The Morgan fingerprint density at radius 3 is 2.55 bits per heavy atom. The molecule has 2 aliphatic heterocycles. The van der Waals surface area contributed by atoms with Crippen LogP contribution in [0.25, 0.3) is 0 Å². The molecule has 0 spiro atoms. The van der Waals surface area contributed by atoms with Crippen molar-refractivity contribution >= 4 is 17.5 Å². The van der Waals surface area contributed by atoms with E-state index in [-0.39, 0.29) is 17.9 Å². The van der Waals surface area contributed by atoms with Gasteiger partial charge in [0.1, 0.15) is 0 Å². The maximum absolute atomic E-state index is 13.1. The Morgan fingerprint density at radius 2 is 1.83 bits per heavy atom. The highest BCUT2D eigenvalue weighted by molar-refractivity contribution is 5.98. The first-order valence-corrected chi connectivity index (χ1v) is 10.2. The number of benzene rings is 2. The topological polar surface area (TPSA) is 61.9 Å². The molecule has 2 aromatic carbocycles. The zero-order valence-corrected chi connectivity index (χ0v) is 16.8. The van der Waals surface area contributed by atoms with E-state index < -0.39 is 0 Å². The van der Waals surface area contributed by atoms with Gasteiger partial charge in [-0.2, -0.15) is 0 Å². The van der Waals surface area contributed by atoms with Gasteiger partial charge in [-0.15, -0.1) is 0 Å². The van der Waals surface area contributed by atoms with Crippen LogP contribution in [0.2, 0.25) is 0 Å². The molecule has 1 N–H and O–H groups in total. The number of fused-ring (bicyclic) bond motifs is 1. The third kappa shape index (κ3) is 4.49. The molecule has 1 fully saturated rings. The second-order valence-corrected chi connectivity index (χ2v) is 7.61. The molecule has 2 amide bonds. The average Bonchev–Trinajstić information content (AvgIpc) is 3.18. The predicted octanol–water partition coefficient (Wildman–Crippen LogP) is 2.40. The van der Waals surface area contributed by atoms with Crippen molar-refractivity contribution in [2.75, 3.05) is 44.3 Å². The van der Waals surface area contributed by atoms with Crippen LogP contribution in [0.4, 0.5) is 5.69 Å². The molecule has 6 nitrogen and oxygen atoms in total. The van der Waals surface area contributed by atoms with Crippen LogP contribution in [0.15, 0.2) is 48.5 Å². The van der Waals surface area contributed by atoms with Crippen LogP contribution in [0, 0.1) is 0 Å². The zero-order chi connectivity index (χ0) is 20.2. The van der Waals surface area contributed by atoms with Crippen molar-refractivity contribution in [2.45, 2.75) is 19.4 Å². The predicted molar refractivity (Wildman–Crippen MR) is 112 cm³/mol. The van der Waals surface area contributed by atoms with Crippen molar-refractivity contribution in [3.63, 3.8) is 0 Å². The largest absolute Gasteiger partial charge is 0.379 e. The number of carbonyl (C=O) groups is 2. The molecule has 152 valence electrons. The molecular formula is C23H27N3O3. The summed E-state index contributed by atoms with van der Waals surface area (Å²) in [6, 6.07) is 15.6. The van der Waals surface area contributed by atoms with Crippen LogP contribution in [0.1, 0.15) is 34.5 Å². The number of nitrogens with zero attached hydrogens (tertiary/aromatic N) is 2. The number of rotatable bonds is 5. The lowest BCUT2D eigenvalue weighted by Crippen LogP contribution is -2.43. The van der Waals surface area contributed by atoms with E-state index in [0.717, 1.165) is 56.1 Å². The van der Waals surface area contributed by atoms with Gasteiger partial charge in [-0.25, -0.2) is 0 Å². The maximum Gasteiger partial charge on any atom is 0.251 e. The molecule has 2 aromatic rings. The lowest BCUT2D eigenvalue weighted by atomic mass is 10.0. The summed E-state index contributed by atoms with van der Waals surface area (Å²) in [6.07, 6.45) is 0.784. The summed E-state index contributed by atoms with van der Waals surface area (Å²) < 4.78 is 5.45. The monoisotopic (exact) mass is 393 g/mol. The molecule has 2 heterocycles. The van der Waals surface area contributed by atoms with E-state index >= 15 is 0 Å². The second-order valence-electron chi connectivity index (χ2n) is 7.61. The Bertz CT molecular complexity index is 878. The summed E-state index contributed by atoms with van der Waals surface area (Å²) in [5, 5.41) is 3.22. The smallest absolute Gasteiger partial charge is 0.251 e. The van der Waals surface area contributed by atoms with Gasteiger partial charge in [0.15, 0.2) is 0 Å². The molecule has 0 saturated carbocycles. The van der Waals surface area contributed by atoms with Crippen molar-refractivity contribution < 1.29 is 14.3 Å². The first-order chi connectivity index (χ1) is 14.1. The summed E-state index contributed by atoms with van der Waals surface area (Å²) in [5.41, 5.74) is 3.70. The Morgan fingerprint density at radius 1 is 1.07 bits per heavy atom. The lowest BCUT2D eigenvalue weighted by Gasteiger charge is -2.31. The molecule has 1 saturated heterocycles. The van der Waals surface area contributed by atoms with Crippen LogP contribution < -0.4 is 10.2 Å². The standard InChI is InChI=1S/C23H27N3O3/c1-17(27)26-10-9-19-15-20(7-8-22(19)26)23(28)24-21(18-5-3-2-4-6-18)16-25-11-13-29-14-12-25/h2-8,15,21H,9-14,16H2,1H3,(H,24,28)/t21-/m0/s1. The Balaban J connectivity index is 1.51. The highest BCUT2D eigenvalue weighted by Crippen LogP contribution is 2.29. The highest BCUT2D eigenvalue weighted by atomic mass is 16.5. The number of hydrogen-bond donors (Lipinski definition) is 1. The van der Waals surface area contributed by atoms with Crippen LogP contribution in [-0.2, 0) is 16.0 Å². The van der Waals surface area contributed by atoms with Gasteiger partial charge in [0.25, 0.3) is 5.91 Å². The van der Waals surface area contributed by atoms with Crippen molar-refractivity contribution in [1.82, 2.24) is 10.2 Å². The Kier molecular flexibility index (Phi) is 5.92. The molecule has 6 heteroatoms. The minimum Gasteiger partial charge on any atom is -0.379 e. The van der Waals surface area contributed by atoms with Gasteiger partial charge < -0.3 is 15.0 Å². The first kappa shape index (κ1) is 19.6. The van der Waals surface area contributed by atoms with Gasteiger partial charge in [-0.05, 0) is 35.7 Å². The fourth-order valence-electron chi connectivity index (χ4n) is 4.07. The highest BCUT2D eigenvalue weighted by Gasteiger charge is 2.25. The number of nitrogens with one attached hydrogen (secondary N) is 1. The quantitative estimate of drug-likeness (QED) is 0.847. The number of carbonyl (C=O) groups excluding carboxylic acids is 2. The van der Waals surface area contributed by atoms with E-state index in [9.17, 15) is 9.59 Å².